The van der Waals surface area contributed by atoms with Crippen molar-refractivity contribution in [3.05, 3.63) is 29.8 Å². The van der Waals surface area contributed by atoms with Crippen molar-refractivity contribution < 1.29 is 14.7 Å². The molecule has 0 saturated heterocycles. The Bertz CT molecular complexity index is 437. The van der Waals surface area contributed by atoms with Crippen LogP contribution in [-0.4, -0.2) is 24.0 Å². The van der Waals surface area contributed by atoms with Crippen LogP contribution < -0.4 is 4.90 Å². The van der Waals surface area contributed by atoms with Crippen LogP contribution in [0, 0.1) is 18.8 Å². The molecule has 0 fully saturated rings. The Morgan fingerprint density at radius 1 is 1.17 bits per heavy atom. The molecule has 0 saturated carbocycles. The Morgan fingerprint density at radius 3 is 2.06 bits per heavy atom. The van der Waals surface area contributed by atoms with Gasteiger partial charge in [0.1, 0.15) is 5.92 Å². The van der Waals surface area contributed by atoms with E-state index in [0.717, 1.165) is 5.56 Å². The van der Waals surface area contributed by atoms with Crippen molar-refractivity contribution in [2.45, 2.75) is 20.8 Å². The fourth-order valence-electron chi connectivity index (χ4n) is 1.78. The maximum Gasteiger partial charge on any atom is 0.316 e. The third kappa shape index (κ3) is 3.09. The predicted molar refractivity (Wildman–Crippen MR) is 70.6 cm³/mol. The molecule has 1 aromatic rings. The number of nitrogens with zero attached hydrogens (tertiary/aromatic N) is 1. The standard InChI is InChI=1S/C14H19NO3/c1-9(2)12(14(17)18)13(16)15(4)11-7-5-10(3)6-8-11/h5-9,12H,1-4H3,(H,17,18). The molecule has 1 amide bonds. The summed E-state index contributed by atoms with van der Waals surface area (Å²) in [4.78, 5) is 24.7. The minimum absolute atomic E-state index is 0.233. The Morgan fingerprint density at radius 2 is 1.67 bits per heavy atom. The largest absolute Gasteiger partial charge is 0.481 e. The van der Waals surface area contributed by atoms with E-state index in [2.05, 4.69) is 0 Å². The van der Waals surface area contributed by atoms with Crippen molar-refractivity contribution in [1.29, 1.82) is 0 Å². The van der Waals surface area contributed by atoms with E-state index in [4.69, 9.17) is 5.11 Å². The number of aryl methyl sites for hydroxylation is 1. The van der Waals surface area contributed by atoms with Crippen LogP contribution >= 0.6 is 0 Å². The minimum atomic E-state index is -1.08. The molecule has 0 radical (unpaired) electrons. The van der Waals surface area contributed by atoms with E-state index in [9.17, 15) is 9.59 Å². The number of amides is 1. The molecule has 1 unspecified atom stereocenters. The number of benzene rings is 1. The van der Waals surface area contributed by atoms with Crippen LogP contribution in [0.1, 0.15) is 19.4 Å². The Hall–Kier alpha value is -1.84. The van der Waals surface area contributed by atoms with E-state index in [0.29, 0.717) is 5.69 Å². The second-order valence-electron chi connectivity index (χ2n) is 4.79. The summed E-state index contributed by atoms with van der Waals surface area (Å²) in [5.41, 5.74) is 1.80. The normalized spacial score (nSPS) is 12.3. The first-order valence-electron chi connectivity index (χ1n) is 5.91. The summed E-state index contributed by atoms with van der Waals surface area (Å²) in [7, 11) is 1.60. The summed E-state index contributed by atoms with van der Waals surface area (Å²) >= 11 is 0. The molecule has 4 nitrogen and oxygen atoms in total. The van der Waals surface area contributed by atoms with Gasteiger partial charge in [-0.05, 0) is 25.0 Å². The summed E-state index contributed by atoms with van der Waals surface area (Å²) in [6.07, 6.45) is 0. The number of anilines is 1. The molecule has 18 heavy (non-hydrogen) atoms. The van der Waals surface area contributed by atoms with Crippen molar-refractivity contribution >= 4 is 17.6 Å². The molecule has 0 aliphatic carbocycles. The number of carbonyl (C=O) groups is 2. The molecular weight excluding hydrogens is 230 g/mol. The highest BCUT2D eigenvalue weighted by Crippen LogP contribution is 2.20. The molecule has 1 aromatic carbocycles. The van der Waals surface area contributed by atoms with Gasteiger partial charge in [-0.3, -0.25) is 9.59 Å². The van der Waals surface area contributed by atoms with Gasteiger partial charge in [0.25, 0.3) is 0 Å². The number of aliphatic carboxylic acids is 1. The summed E-state index contributed by atoms with van der Waals surface area (Å²) < 4.78 is 0. The average Bonchev–Trinajstić information content (AvgIpc) is 2.28. The topological polar surface area (TPSA) is 57.6 Å². The third-order valence-electron chi connectivity index (χ3n) is 2.95. The van der Waals surface area contributed by atoms with Crippen LogP contribution in [0.2, 0.25) is 0 Å². The first-order valence-corrected chi connectivity index (χ1v) is 5.91. The number of carboxylic acids is 1. The van der Waals surface area contributed by atoms with Crippen molar-refractivity contribution in [3.8, 4) is 0 Å². The van der Waals surface area contributed by atoms with Crippen LogP contribution in [0.15, 0.2) is 24.3 Å². The van der Waals surface area contributed by atoms with Gasteiger partial charge in [-0.2, -0.15) is 0 Å². The zero-order valence-electron chi connectivity index (χ0n) is 11.2. The fourth-order valence-corrected chi connectivity index (χ4v) is 1.78. The molecule has 1 N–H and O–H groups in total. The van der Waals surface area contributed by atoms with Gasteiger partial charge in [0, 0.05) is 12.7 Å². The number of carbonyl (C=O) groups excluding carboxylic acids is 1. The van der Waals surface area contributed by atoms with Crippen LogP contribution in [0.4, 0.5) is 5.69 Å². The first kappa shape index (κ1) is 14.2. The van der Waals surface area contributed by atoms with Gasteiger partial charge in [-0.25, -0.2) is 0 Å². The van der Waals surface area contributed by atoms with Crippen molar-refractivity contribution in [3.63, 3.8) is 0 Å². The average molecular weight is 249 g/mol. The van der Waals surface area contributed by atoms with E-state index in [-0.39, 0.29) is 11.8 Å². The SMILES string of the molecule is Cc1ccc(N(C)C(=O)C(C(=O)O)C(C)C)cc1. The molecule has 4 heteroatoms. The lowest BCUT2D eigenvalue weighted by Gasteiger charge is -2.23. The monoisotopic (exact) mass is 249 g/mol. The lowest BCUT2D eigenvalue weighted by Crippen LogP contribution is -2.39. The molecule has 0 spiro atoms. The summed E-state index contributed by atoms with van der Waals surface area (Å²) in [6, 6.07) is 7.41. The highest BCUT2D eigenvalue weighted by Gasteiger charge is 2.32. The Balaban J connectivity index is 2.95. The van der Waals surface area contributed by atoms with Crippen molar-refractivity contribution in [1.82, 2.24) is 0 Å². The van der Waals surface area contributed by atoms with Crippen LogP contribution in [-0.2, 0) is 9.59 Å². The Labute approximate surface area is 107 Å². The molecule has 0 aromatic heterocycles. The lowest BCUT2D eigenvalue weighted by atomic mass is 9.94. The maximum absolute atomic E-state index is 12.2. The second kappa shape index (κ2) is 5.67. The summed E-state index contributed by atoms with van der Waals surface area (Å²) in [6.45, 7) is 5.43. The molecule has 1 rings (SSSR count). The van der Waals surface area contributed by atoms with Crippen molar-refractivity contribution in [2.24, 2.45) is 11.8 Å². The van der Waals surface area contributed by atoms with Gasteiger partial charge in [0.15, 0.2) is 0 Å². The van der Waals surface area contributed by atoms with E-state index in [1.807, 2.05) is 31.2 Å². The zero-order chi connectivity index (χ0) is 13.9. The Kier molecular flexibility index (Phi) is 4.48. The maximum atomic E-state index is 12.2. The quantitative estimate of drug-likeness (QED) is 0.833. The van der Waals surface area contributed by atoms with E-state index in [1.54, 1.807) is 20.9 Å². The van der Waals surface area contributed by atoms with Gasteiger partial charge in [0.2, 0.25) is 5.91 Å². The van der Waals surface area contributed by atoms with Gasteiger partial charge >= 0.3 is 5.97 Å². The molecular formula is C14H19NO3. The molecule has 0 bridgehead atoms. The number of hydrogen-bond donors (Lipinski definition) is 1. The molecule has 1 atom stereocenters. The first-order chi connectivity index (χ1) is 8.34. The van der Waals surface area contributed by atoms with Crippen molar-refractivity contribution in [2.75, 3.05) is 11.9 Å². The van der Waals surface area contributed by atoms with Crippen LogP contribution in [0.3, 0.4) is 0 Å². The third-order valence-corrected chi connectivity index (χ3v) is 2.95. The number of hydrogen-bond acceptors (Lipinski definition) is 2. The van der Waals surface area contributed by atoms with Gasteiger partial charge in [-0.1, -0.05) is 31.5 Å². The summed E-state index contributed by atoms with van der Waals surface area (Å²) in [5, 5.41) is 9.11. The minimum Gasteiger partial charge on any atom is -0.481 e. The summed E-state index contributed by atoms with van der Waals surface area (Å²) in [5.74, 6) is -2.70. The second-order valence-corrected chi connectivity index (χ2v) is 4.79. The van der Waals surface area contributed by atoms with Gasteiger partial charge in [0.05, 0.1) is 0 Å². The highest BCUT2D eigenvalue weighted by molar-refractivity contribution is 6.05. The molecule has 98 valence electrons. The van der Waals surface area contributed by atoms with Gasteiger partial charge in [-0.15, -0.1) is 0 Å². The molecule has 0 heterocycles. The van der Waals surface area contributed by atoms with Gasteiger partial charge < -0.3 is 10.0 Å². The highest BCUT2D eigenvalue weighted by atomic mass is 16.4. The fraction of sp³-hybridized carbons (Fsp3) is 0.429. The smallest absolute Gasteiger partial charge is 0.316 e. The zero-order valence-corrected chi connectivity index (χ0v) is 11.2. The number of rotatable bonds is 4. The molecule has 0 aliphatic heterocycles. The van der Waals surface area contributed by atoms with Crippen LogP contribution in [0.25, 0.3) is 0 Å². The number of carboxylic acid groups (broad SMARTS) is 1. The van der Waals surface area contributed by atoms with E-state index >= 15 is 0 Å². The lowest BCUT2D eigenvalue weighted by molar-refractivity contribution is -0.147. The van der Waals surface area contributed by atoms with E-state index < -0.39 is 11.9 Å². The van der Waals surface area contributed by atoms with Crippen LogP contribution in [0.5, 0.6) is 0 Å². The predicted octanol–water partition coefficient (Wildman–Crippen LogP) is 2.31. The van der Waals surface area contributed by atoms with E-state index in [1.165, 1.54) is 4.90 Å². The molecule has 0 aliphatic rings.